The van der Waals surface area contributed by atoms with Gasteiger partial charge in [-0.15, -0.1) is 11.3 Å². The first-order valence-electron chi connectivity index (χ1n) is 9.86. The van der Waals surface area contributed by atoms with E-state index < -0.39 is 0 Å². The average Bonchev–Trinajstić information content (AvgIpc) is 3.50. The number of rotatable bonds is 8. The number of aromatic nitrogens is 1. The first-order chi connectivity index (χ1) is 15.7. The van der Waals surface area contributed by atoms with Crippen LogP contribution in [0.1, 0.15) is 11.3 Å². The van der Waals surface area contributed by atoms with Gasteiger partial charge in [-0.2, -0.15) is 5.10 Å². The van der Waals surface area contributed by atoms with Crippen molar-refractivity contribution in [3.63, 3.8) is 0 Å². The van der Waals surface area contributed by atoms with Crippen LogP contribution in [0.5, 0.6) is 17.2 Å². The van der Waals surface area contributed by atoms with Crippen molar-refractivity contribution in [1.82, 2.24) is 4.68 Å². The zero-order valence-electron chi connectivity index (χ0n) is 18.0. The largest absolute Gasteiger partial charge is 0.493 e. The minimum atomic E-state index is 0.536. The molecule has 0 saturated heterocycles. The highest BCUT2D eigenvalue weighted by molar-refractivity contribution is 7.07. The Labute approximate surface area is 189 Å². The highest BCUT2D eigenvalue weighted by Gasteiger charge is 2.17. The molecule has 2 aromatic carbocycles. The number of nitrogens with zero attached hydrogens (tertiary/aromatic N) is 3. The third-order valence-electron chi connectivity index (χ3n) is 4.73. The van der Waals surface area contributed by atoms with Gasteiger partial charge in [-0.25, -0.2) is 4.68 Å². The maximum absolute atomic E-state index is 5.52. The maximum atomic E-state index is 5.52. The molecule has 4 rings (SSSR count). The van der Waals surface area contributed by atoms with Crippen LogP contribution in [-0.4, -0.2) is 32.2 Å². The summed E-state index contributed by atoms with van der Waals surface area (Å²) in [7, 11) is 4.77. The van der Waals surface area contributed by atoms with E-state index in [-0.39, 0.29) is 0 Å². The Morgan fingerprint density at radius 3 is 2.34 bits per heavy atom. The summed E-state index contributed by atoms with van der Waals surface area (Å²) in [6.07, 6.45) is 3.27. The van der Waals surface area contributed by atoms with Crippen LogP contribution in [0.3, 0.4) is 0 Å². The monoisotopic (exact) mass is 449 g/mol. The number of methoxy groups -OCH3 is 3. The third-order valence-corrected chi connectivity index (χ3v) is 5.58. The molecule has 2 heterocycles. The van der Waals surface area contributed by atoms with E-state index in [9.17, 15) is 0 Å². The second-order valence-corrected chi connectivity index (χ2v) is 7.53. The summed E-state index contributed by atoms with van der Waals surface area (Å²) in [6, 6.07) is 17.5. The molecule has 0 N–H and O–H groups in total. The van der Waals surface area contributed by atoms with Crippen LogP contribution in [0.4, 0.5) is 0 Å². The number of hydrogen-bond acceptors (Lipinski definition) is 7. The summed E-state index contributed by atoms with van der Waals surface area (Å²) in [5, 5.41) is 6.66. The van der Waals surface area contributed by atoms with E-state index >= 15 is 0 Å². The third kappa shape index (κ3) is 4.60. The van der Waals surface area contributed by atoms with Crippen molar-refractivity contribution in [3.05, 3.63) is 82.4 Å². The Bertz CT molecular complexity index is 1230. The lowest BCUT2D eigenvalue weighted by Crippen LogP contribution is -2.12. The van der Waals surface area contributed by atoms with Gasteiger partial charge in [0.05, 0.1) is 46.0 Å². The molecule has 0 fully saturated rings. The summed E-state index contributed by atoms with van der Waals surface area (Å²) >= 11 is 1.50. The van der Waals surface area contributed by atoms with Crippen LogP contribution in [0, 0.1) is 0 Å². The molecule has 164 valence electrons. The van der Waals surface area contributed by atoms with E-state index in [1.807, 2.05) is 60.0 Å². The van der Waals surface area contributed by atoms with E-state index in [0.717, 1.165) is 21.6 Å². The van der Waals surface area contributed by atoms with Gasteiger partial charge >= 0.3 is 0 Å². The Balaban J connectivity index is 1.82. The van der Waals surface area contributed by atoms with Crippen LogP contribution in [0.2, 0.25) is 0 Å². The molecule has 0 aliphatic heterocycles. The summed E-state index contributed by atoms with van der Waals surface area (Å²) in [5.41, 5.74) is 2.81. The van der Waals surface area contributed by atoms with E-state index in [1.165, 1.54) is 11.3 Å². The van der Waals surface area contributed by atoms with Gasteiger partial charge in [0.25, 0.3) is 0 Å². The fourth-order valence-electron chi connectivity index (χ4n) is 3.17. The summed E-state index contributed by atoms with van der Waals surface area (Å²) in [4.78, 5) is 5.54. The normalized spacial score (nSPS) is 11.8. The SMILES string of the molecule is COc1cc(-c2csc(=NCc3ccccc3)n2N=Cc2ccco2)cc(OC)c1OC. The molecule has 0 amide bonds. The van der Waals surface area contributed by atoms with Gasteiger partial charge < -0.3 is 18.6 Å². The molecule has 8 heteroatoms. The Hall–Kier alpha value is -3.78. The van der Waals surface area contributed by atoms with Crippen molar-refractivity contribution in [3.8, 4) is 28.5 Å². The van der Waals surface area contributed by atoms with Crippen molar-refractivity contribution in [2.75, 3.05) is 21.3 Å². The van der Waals surface area contributed by atoms with Crippen molar-refractivity contribution < 1.29 is 18.6 Å². The van der Waals surface area contributed by atoms with Gasteiger partial charge in [-0.1, -0.05) is 30.3 Å². The van der Waals surface area contributed by atoms with Crippen LogP contribution in [0.15, 0.2) is 80.8 Å². The smallest absolute Gasteiger partial charge is 0.206 e. The first-order valence-corrected chi connectivity index (χ1v) is 10.7. The average molecular weight is 450 g/mol. The van der Waals surface area contributed by atoms with Crippen LogP contribution < -0.4 is 19.0 Å². The standard InChI is InChI=1S/C24H23N3O4S/c1-28-21-12-18(13-22(29-2)23(21)30-3)20-16-32-24(25-14-17-8-5-4-6-9-17)27(20)26-15-19-10-7-11-31-19/h4-13,15-16H,14H2,1-3H3. The molecule has 0 saturated carbocycles. The predicted molar refractivity (Wildman–Crippen MR) is 125 cm³/mol. The number of hydrogen-bond donors (Lipinski definition) is 0. The number of thiazole rings is 1. The van der Waals surface area contributed by atoms with Gasteiger partial charge in [-0.3, -0.25) is 4.99 Å². The van der Waals surface area contributed by atoms with Gasteiger partial charge in [0, 0.05) is 10.9 Å². The molecule has 7 nitrogen and oxygen atoms in total. The van der Waals surface area contributed by atoms with Crippen molar-refractivity contribution in [1.29, 1.82) is 0 Å². The second-order valence-electron chi connectivity index (χ2n) is 6.69. The fourth-order valence-corrected chi connectivity index (χ4v) is 4.01. The lowest BCUT2D eigenvalue weighted by molar-refractivity contribution is 0.324. The fraction of sp³-hybridized carbons (Fsp3) is 0.167. The van der Waals surface area contributed by atoms with Gasteiger partial charge in [-0.05, 0) is 29.8 Å². The maximum Gasteiger partial charge on any atom is 0.206 e. The molecular weight excluding hydrogens is 426 g/mol. The summed E-state index contributed by atoms with van der Waals surface area (Å²) in [5.74, 6) is 2.32. The van der Waals surface area contributed by atoms with Gasteiger partial charge in [0.15, 0.2) is 11.5 Å². The lowest BCUT2D eigenvalue weighted by Gasteiger charge is -2.14. The van der Waals surface area contributed by atoms with Crippen molar-refractivity contribution in [2.45, 2.75) is 6.54 Å². The molecule has 2 aromatic heterocycles. The zero-order valence-corrected chi connectivity index (χ0v) is 18.8. The molecular formula is C24H23N3O4S. The van der Waals surface area contributed by atoms with Crippen molar-refractivity contribution >= 4 is 17.6 Å². The quantitative estimate of drug-likeness (QED) is 0.362. The topological polar surface area (TPSA) is 70.5 Å². The number of benzene rings is 2. The minimum Gasteiger partial charge on any atom is -0.493 e. The second kappa shape index (κ2) is 10.0. The van der Waals surface area contributed by atoms with Crippen LogP contribution in [-0.2, 0) is 6.54 Å². The zero-order chi connectivity index (χ0) is 22.3. The van der Waals surface area contributed by atoms with Gasteiger partial charge in [0.1, 0.15) is 5.76 Å². The molecule has 0 radical (unpaired) electrons. The predicted octanol–water partition coefficient (Wildman–Crippen LogP) is 4.82. The van der Waals surface area contributed by atoms with Crippen LogP contribution >= 0.6 is 11.3 Å². The molecule has 0 unspecified atom stereocenters. The lowest BCUT2D eigenvalue weighted by atomic mass is 10.1. The first kappa shape index (κ1) is 21.5. The molecule has 32 heavy (non-hydrogen) atoms. The Morgan fingerprint density at radius 1 is 0.969 bits per heavy atom. The molecule has 4 aromatic rings. The number of furan rings is 1. The summed E-state index contributed by atoms with van der Waals surface area (Å²) < 4.78 is 23.7. The summed E-state index contributed by atoms with van der Waals surface area (Å²) in [6.45, 7) is 0.548. The minimum absolute atomic E-state index is 0.536. The molecule has 0 spiro atoms. The Kier molecular flexibility index (Phi) is 6.72. The molecule has 0 aliphatic rings. The number of ether oxygens (including phenoxy) is 3. The highest BCUT2D eigenvalue weighted by Crippen LogP contribution is 2.41. The van der Waals surface area contributed by atoms with E-state index in [0.29, 0.717) is 29.6 Å². The van der Waals surface area contributed by atoms with Crippen LogP contribution in [0.25, 0.3) is 11.3 Å². The Morgan fingerprint density at radius 2 is 1.72 bits per heavy atom. The molecule has 0 aliphatic carbocycles. The highest BCUT2D eigenvalue weighted by atomic mass is 32.1. The van der Waals surface area contributed by atoms with E-state index in [4.69, 9.17) is 23.6 Å². The van der Waals surface area contributed by atoms with Crippen molar-refractivity contribution in [2.24, 2.45) is 10.1 Å². The van der Waals surface area contributed by atoms with E-state index in [2.05, 4.69) is 5.10 Å². The van der Waals surface area contributed by atoms with Gasteiger partial charge in [0.2, 0.25) is 10.6 Å². The molecule has 0 bridgehead atoms. The molecule has 0 atom stereocenters. The van der Waals surface area contributed by atoms with E-state index in [1.54, 1.807) is 38.5 Å².